The number of carbonyl (C=O) groups excluding carboxylic acids is 1. The van der Waals surface area contributed by atoms with Gasteiger partial charge in [0, 0.05) is 11.8 Å². The van der Waals surface area contributed by atoms with E-state index in [-0.39, 0.29) is 9.92 Å². The number of ether oxygens (including phenoxy) is 1. The smallest absolute Gasteiger partial charge is 0.267 e. The van der Waals surface area contributed by atoms with Crippen LogP contribution in [0.5, 0.6) is 5.75 Å². The van der Waals surface area contributed by atoms with Gasteiger partial charge in [-0.2, -0.15) is 5.10 Å². The summed E-state index contributed by atoms with van der Waals surface area (Å²) in [7, 11) is -2.57. The summed E-state index contributed by atoms with van der Waals surface area (Å²) in [6.07, 6.45) is 0. The number of hydrogen-bond donors (Lipinski definition) is 1. The summed E-state index contributed by atoms with van der Waals surface area (Å²) in [5.41, 5.74) is 1.96. The highest BCUT2D eigenvalue weighted by Crippen LogP contribution is 2.22. The maximum atomic E-state index is 12.9. The molecular formula is C21H21N3O5S. The number of nitrogens with zero attached hydrogens (tertiary/aromatic N) is 2. The molecule has 1 N–H and O–H groups in total. The highest BCUT2D eigenvalue weighted by atomic mass is 32.2. The van der Waals surface area contributed by atoms with Gasteiger partial charge in [-0.05, 0) is 61.4 Å². The molecule has 0 unspecified atom stereocenters. The first kappa shape index (κ1) is 21.3. The van der Waals surface area contributed by atoms with Crippen LogP contribution in [0, 0.1) is 13.8 Å². The Morgan fingerprint density at radius 2 is 1.77 bits per heavy atom. The SMILES string of the molecule is COc1cccc(S(=O)(=O)c2ccc(=O)n(CC(=O)Nc3cc(C)cc(C)c3)n2)c1. The van der Waals surface area contributed by atoms with E-state index in [4.69, 9.17) is 4.74 Å². The molecule has 0 atom stereocenters. The highest BCUT2D eigenvalue weighted by molar-refractivity contribution is 7.91. The molecule has 1 amide bonds. The van der Waals surface area contributed by atoms with Gasteiger partial charge < -0.3 is 10.1 Å². The number of amides is 1. The van der Waals surface area contributed by atoms with E-state index in [1.807, 2.05) is 19.9 Å². The number of benzene rings is 2. The van der Waals surface area contributed by atoms with Gasteiger partial charge in [0.15, 0.2) is 5.03 Å². The molecule has 3 rings (SSSR count). The summed E-state index contributed by atoms with van der Waals surface area (Å²) in [4.78, 5) is 24.5. The lowest BCUT2D eigenvalue weighted by Crippen LogP contribution is -2.30. The zero-order chi connectivity index (χ0) is 21.9. The van der Waals surface area contributed by atoms with Crippen LogP contribution in [-0.4, -0.2) is 31.2 Å². The minimum Gasteiger partial charge on any atom is -0.497 e. The van der Waals surface area contributed by atoms with E-state index in [0.29, 0.717) is 11.4 Å². The van der Waals surface area contributed by atoms with E-state index in [9.17, 15) is 18.0 Å². The van der Waals surface area contributed by atoms with Crippen molar-refractivity contribution >= 4 is 21.4 Å². The van der Waals surface area contributed by atoms with Gasteiger partial charge in [-0.15, -0.1) is 0 Å². The number of rotatable bonds is 6. The number of sulfone groups is 1. The summed E-state index contributed by atoms with van der Waals surface area (Å²) in [5, 5.41) is 6.27. The second-order valence-corrected chi connectivity index (χ2v) is 8.67. The van der Waals surface area contributed by atoms with Gasteiger partial charge in [-0.3, -0.25) is 9.59 Å². The predicted molar refractivity (Wildman–Crippen MR) is 111 cm³/mol. The molecule has 2 aromatic carbocycles. The molecule has 156 valence electrons. The van der Waals surface area contributed by atoms with Gasteiger partial charge in [0.1, 0.15) is 12.3 Å². The molecule has 0 aliphatic heterocycles. The van der Waals surface area contributed by atoms with Crippen LogP contribution < -0.4 is 15.6 Å². The van der Waals surface area contributed by atoms with Crippen molar-refractivity contribution in [3.05, 3.63) is 76.1 Å². The Morgan fingerprint density at radius 3 is 2.43 bits per heavy atom. The number of carbonyl (C=O) groups is 1. The van der Waals surface area contributed by atoms with Crippen molar-refractivity contribution in [1.29, 1.82) is 0 Å². The predicted octanol–water partition coefficient (Wildman–Crippen LogP) is 2.34. The third-order valence-corrected chi connectivity index (χ3v) is 5.91. The average Bonchev–Trinajstić information content (AvgIpc) is 2.68. The number of anilines is 1. The molecule has 1 aromatic heterocycles. The fourth-order valence-corrected chi connectivity index (χ4v) is 4.18. The van der Waals surface area contributed by atoms with Crippen LogP contribution in [-0.2, 0) is 21.2 Å². The van der Waals surface area contributed by atoms with Crippen molar-refractivity contribution in [3.63, 3.8) is 0 Å². The van der Waals surface area contributed by atoms with E-state index in [2.05, 4.69) is 10.4 Å². The average molecular weight is 427 g/mol. The Labute approximate surface area is 174 Å². The first-order valence-corrected chi connectivity index (χ1v) is 10.5. The van der Waals surface area contributed by atoms with E-state index in [1.54, 1.807) is 24.3 Å². The number of hydrogen-bond acceptors (Lipinski definition) is 6. The normalized spacial score (nSPS) is 11.2. The molecule has 0 aliphatic rings. The number of aryl methyl sites for hydroxylation is 2. The van der Waals surface area contributed by atoms with Crippen LogP contribution in [0.15, 0.2) is 69.3 Å². The zero-order valence-electron chi connectivity index (χ0n) is 16.7. The summed E-state index contributed by atoms with van der Waals surface area (Å²) in [6.45, 7) is 3.39. The van der Waals surface area contributed by atoms with E-state index in [0.717, 1.165) is 27.9 Å². The van der Waals surface area contributed by atoms with Crippen LogP contribution in [0.4, 0.5) is 5.69 Å². The Hall–Kier alpha value is -3.46. The quantitative estimate of drug-likeness (QED) is 0.647. The Bertz CT molecular complexity index is 1250. The van der Waals surface area contributed by atoms with Gasteiger partial charge >= 0.3 is 0 Å². The number of methoxy groups -OCH3 is 1. The second-order valence-electron chi connectivity index (χ2n) is 6.77. The van der Waals surface area contributed by atoms with Crippen LogP contribution >= 0.6 is 0 Å². The molecule has 0 spiro atoms. The molecule has 8 nitrogen and oxygen atoms in total. The monoisotopic (exact) mass is 427 g/mol. The Morgan fingerprint density at radius 1 is 1.07 bits per heavy atom. The summed E-state index contributed by atoms with van der Waals surface area (Å²) >= 11 is 0. The molecule has 0 saturated heterocycles. The largest absolute Gasteiger partial charge is 0.497 e. The van der Waals surface area contributed by atoms with Crippen molar-refractivity contribution in [2.45, 2.75) is 30.3 Å². The summed E-state index contributed by atoms with van der Waals surface area (Å²) in [5.74, 6) is -0.122. The van der Waals surface area contributed by atoms with Gasteiger partial charge in [0.25, 0.3) is 5.56 Å². The zero-order valence-corrected chi connectivity index (χ0v) is 17.6. The maximum absolute atomic E-state index is 12.9. The van der Waals surface area contributed by atoms with E-state index >= 15 is 0 Å². The fraction of sp³-hybridized carbons (Fsp3) is 0.190. The van der Waals surface area contributed by atoms with E-state index < -0.39 is 27.8 Å². The molecule has 1 heterocycles. The van der Waals surface area contributed by atoms with Crippen LogP contribution in [0.2, 0.25) is 0 Å². The molecule has 0 radical (unpaired) electrons. The Balaban J connectivity index is 1.87. The van der Waals surface area contributed by atoms with Crippen molar-refractivity contribution in [1.82, 2.24) is 9.78 Å². The second kappa shape index (κ2) is 8.50. The van der Waals surface area contributed by atoms with Gasteiger partial charge in [-0.25, -0.2) is 13.1 Å². The minimum atomic E-state index is -4.00. The van der Waals surface area contributed by atoms with Crippen molar-refractivity contribution in [3.8, 4) is 5.75 Å². The number of nitrogens with one attached hydrogen (secondary N) is 1. The third kappa shape index (κ3) is 4.74. The summed E-state index contributed by atoms with van der Waals surface area (Å²) < 4.78 is 31.7. The molecule has 0 aliphatic carbocycles. The maximum Gasteiger partial charge on any atom is 0.267 e. The van der Waals surface area contributed by atoms with E-state index in [1.165, 1.54) is 19.2 Å². The lowest BCUT2D eigenvalue weighted by atomic mass is 10.1. The molecule has 0 bridgehead atoms. The van der Waals surface area contributed by atoms with Crippen LogP contribution in [0.3, 0.4) is 0 Å². The van der Waals surface area contributed by atoms with Gasteiger partial charge in [0.05, 0.1) is 12.0 Å². The lowest BCUT2D eigenvalue weighted by Gasteiger charge is -2.10. The molecule has 30 heavy (non-hydrogen) atoms. The first-order valence-electron chi connectivity index (χ1n) is 9.04. The molecule has 3 aromatic rings. The minimum absolute atomic E-state index is 0.0285. The van der Waals surface area contributed by atoms with Crippen molar-refractivity contribution < 1.29 is 17.9 Å². The van der Waals surface area contributed by atoms with Gasteiger partial charge in [0.2, 0.25) is 15.7 Å². The third-order valence-electron chi connectivity index (χ3n) is 4.27. The standard InChI is InChI=1S/C21H21N3O5S/c1-14-9-15(2)11-16(10-14)22-19(25)13-24-21(26)8-7-20(23-24)30(27,28)18-6-4-5-17(12-18)29-3/h4-12H,13H2,1-3H3,(H,22,25). The topological polar surface area (TPSA) is 107 Å². The molecular weight excluding hydrogens is 406 g/mol. The van der Waals surface area contributed by atoms with Crippen LogP contribution in [0.1, 0.15) is 11.1 Å². The van der Waals surface area contributed by atoms with Crippen LogP contribution in [0.25, 0.3) is 0 Å². The van der Waals surface area contributed by atoms with Crippen molar-refractivity contribution in [2.24, 2.45) is 0 Å². The number of aromatic nitrogens is 2. The molecule has 9 heteroatoms. The lowest BCUT2D eigenvalue weighted by molar-refractivity contribution is -0.117. The molecule has 0 saturated carbocycles. The fourth-order valence-electron chi connectivity index (χ4n) is 2.96. The first-order chi connectivity index (χ1) is 14.2. The van der Waals surface area contributed by atoms with Gasteiger partial charge in [-0.1, -0.05) is 12.1 Å². The van der Waals surface area contributed by atoms with Crippen molar-refractivity contribution in [2.75, 3.05) is 12.4 Å². The Kier molecular flexibility index (Phi) is 6.02. The molecule has 0 fully saturated rings. The highest BCUT2D eigenvalue weighted by Gasteiger charge is 2.21. The summed E-state index contributed by atoms with van der Waals surface area (Å²) in [6, 6.07) is 13.7.